The van der Waals surface area contributed by atoms with Crippen LogP contribution >= 0.6 is 0 Å². The van der Waals surface area contributed by atoms with E-state index >= 15 is 0 Å². The maximum absolute atomic E-state index is 10.6. The first kappa shape index (κ1) is 9.82. The van der Waals surface area contributed by atoms with Crippen molar-refractivity contribution >= 4 is 5.69 Å². The normalized spacial score (nSPS) is 31.9. The minimum Gasteiger partial charge on any atom is -0.258 e. The lowest BCUT2D eigenvalue weighted by atomic mass is 9.83. The molecule has 3 heteroatoms. The van der Waals surface area contributed by atoms with Crippen molar-refractivity contribution in [1.82, 2.24) is 0 Å². The van der Waals surface area contributed by atoms with Gasteiger partial charge in [0.25, 0.3) is 5.69 Å². The summed E-state index contributed by atoms with van der Waals surface area (Å²) in [4.78, 5) is 10.2. The Bertz CT molecular complexity index is 412. The summed E-state index contributed by atoms with van der Waals surface area (Å²) in [7, 11) is 0. The summed E-state index contributed by atoms with van der Waals surface area (Å²) in [5.74, 6) is 2.43. The zero-order valence-electron chi connectivity index (χ0n) is 9.13. The molecule has 0 radical (unpaired) electrons. The lowest BCUT2D eigenvalue weighted by Crippen LogP contribution is -2.08. The van der Waals surface area contributed by atoms with Crippen LogP contribution < -0.4 is 0 Å². The number of rotatable bonds is 2. The van der Waals surface area contributed by atoms with Gasteiger partial charge in [-0.2, -0.15) is 0 Å². The number of hydrogen-bond acceptors (Lipinski definition) is 2. The van der Waals surface area contributed by atoms with Crippen molar-refractivity contribution in [3.63, 3.8) is 0 Å². The molecule has 3 atom stereocenters. The van der Waals surface area contributed by atoms with Crippen molar-refractivity contribution in [1.29, 1.82) is 0 Å². The van der Waals surface area contributed by atoms with Crippen LogP contribution in [-0.4, -0.2) is 4.92 Å². The second-order valence-corrected chi connectivity index (χ2v) is 5.13. The highest BCUT2D eigenvalue weighted by Crippen LogP contribution is 2.52. The maximum atomic E-state index is 10.6. The predicted octanol–water partition coefficient (Wildman–Crippen LogP) is 3.50. The maximum Gasteiger partial charge on any atom is 0.269 e. The van der Waals surface area contributed by atoms with Gasteiger partial charge in [-0.25, -0.2) is 0 Å². The molecular formula is C13H15NO2. The van der Waals surface area contributed by atoms with Gasteiger partial charge in [0.1, 0.15) is 0 Å². The Morgan fingerprint density at radius 1 is 1.12 bits per heavy atom. The Hall–Kier alpha value is -1.38. The fraction of sp³-hybridized carbons (Fsp3) is 0.538. The van der Waals surface area contributed by atoms with E-state index in [9.17, 15) is 10.1 Å². The van der Waals surface area contributed by atoms with Crippen LogP contribution in [0.2, 0.25) is 0 Å². The molecule has 2 aliphatic rings. The summed E-state index contributed by atoms with van der Waals surface area (Å²) in [6, 6.07) is 7.18. The molecule has 0 heterocycles. The number of nitrogens with zero attached hydrogens (tertiary/aromatic N) is 1. The standard InChI is InChI=1S/C13H15NO2/c15-14(16)12-5-3-10(4-6-12)13-8-9-1-2-11(13)7-9/h3-6,9,11,13H,1-2,7-8H2/t9-,11+,13-/m0/s1. The van der Waals surface area contributed by atoms with Crippen molar-refractivity contribution in [3.8, 4) is 0 Å². The van der Waals surface area contributed by atoms with Crippen molar-refractivity contribution in [2.75, 3.05) is 0 Å². The van der Waals surface area contributed by atoms with Crippen LogP contribution in [0.5, 0.6) is 0 Å². The zero-order chi connectivity index (χ0) is 11.1. The Morgan fingerprint density at radius 2 is 1.88 bits per heavy atom. The summed E-state index contributed by atoms with van der Waals surface area (Å²) >= 11 is 0. The average molecular weight is 217 g/mol. The molecule has 0 aromatic heterocycles. The topological polar surface area (TPSA) is 43.1 Å². The molecule has 0 saturated heterocycles. The Labute approximate surface area is 94.6 Å². The molecule has 2 saturated carbocycles. The molecular weight excluding hydrogens is 202 g/mol. The second kappa shape index (κ2) is 3.58. The van der Waals surface area contributed by atoms with Gasteiger partial charge in [-0.05, 0) is 42.6 Å². The fourth-order valence-corrected chi connectivity index (χ4v) is 3.50. The number of fused-ring (bicyclic) bond motifs is 2. The van der Waals surface area contributed by atoms with E-state index in [1.165, 1.54) is 31.2 Å². The van der Waals surface area contributed by atoms with E-state index in [2.05, 4.69) is 0 Å². The first-order valence-corrected chi connectivity index (χ1v) is 5.98. The molecule has 0 amide bonds. The van der Waals surface area contributed by atoms with E-state index in [1.807, 2.05) is 12.1 Å². The van der Waals surface area contributed by atoms with Gasteiger partial charge in [0.15, 0.2) is 0 Å². The van der Waals surface area contributed by atoms with Crippen LogP contribution in [0.3, 0.4) is 0 Å². The molecule has 1 aromatic rings. The molecule has 16 heavy (non-hydrogen) atoms. The van der Waals surface area contributed by atoms with Crippen LogP contribution in [0.15, 0.2) is 24.3 Å². The van der Waals surface area contributed by atoms with Gasteiger partial charge in [0.05, 0.1) is 4.92 Å². The molecule has 1 aromatic carbocycles. The number of non-ortho nitro benzene ring substituents is 1. The van der Waals surface area contributed by atoms with Gasteiger partial charge >= 0.3 is 0 Å². The summed E-state index contributed by atoms with van der Waals surface area (Å²) < 4.78 is 0. The van der Waals surface area contributed by atoms with E-state index in [1.54, 1.807) is 12.1 Å². The van der Waals surface area contributed by atoms with Crippen LogP contribution in [0.1, 0.15) is 37.2 Å². The minimum atomic E-state index is -0.329. The Kier molecular flexibility index (Phi) is 2.20. The first-order chi connectivity index (χ1) is 7.74. The molecule has 0 spiro atoms. The lowest BCUT2D eigenvalue weighted by molar-refractivity contribution is -0.384. The van der Waals surface area contributed by atoms with E-state index in [0.29, 0.717) is 5.92 Å². The SMILES string of the molecule is O=[N+]([O-])c1ccc([C@@H]2C[C@H]3CC[C@@H]2C3)cc1. The summed E-state index contributed by atoms with van der Waals surface area (Å²) in [6.07, 6.45) is 5.42. The zero-order valence-corrected chi connectivity index (χ0v) is 9.13. The second-order valence-electron chi connectivity index (χ2n) is 5.13. The van der Waals surface area contributed by atoms with Crippen LogP contribution in [0.4, 0.5) is 5.69 Å². The van der Waals surface area contributed by atoms with Crippen LogP contribution in [0, 0.1) is 22.0 Å². The van der Waals surface area contributed by atoms with E-state index in [-0.39, 0.29) is 10.6 Å². The quantitative estimate of drug-likeness (QED) is 0.562. The fourth-order valence-electron chi connectivity index (χ4n) is 3.50. The molecule has 2 aliphatic carbocycles. The monoisotopic (exact) mass is 217 g/mol. The Morgan fingerprint density at radius 3 is 2.38 bits per heavy atom. The molecule has 0 N–H and O–H groups in total. The summed E-state index contributed by atoms with van der Waals surface area (Å²) in [5.41, 5.74) is 1.50. The third-order valence-corrected chi connectivity index (χ3v) is 4.27. The van der Waals surface area contributed by atoms with E-state index in [0.717, 1.165) is 11.8 Å². The molecule has 3 rings (SSSR count). The van der Waals surface area contributed by atoms with Crippen molar-refractivity contribution in [2.45, 2.75) is 31.6 Å². The van der Waals surface area contributed by atoms with Crippen molar-refractivity contribution in [3.05, 3.63) is 39.9 Å². The number of nitro groups is 1. The highest BCUT2D eigenvalue weighted by Gasteiger charge is 2.39. The van der Waals surface area contributed by atoms with E-state index in [4.69, 9.17) is 0 Å². The van der Waals surface area contributed by atoms with Crippen LogP contribution in [-0.2, 0) is 0 Å². The van der Waals surface area contributed by atoms with Crippen LogP contribution in [0.25, 0.3) is 0 Å². The van der Waals surface area contributed by atoms with Crippen molar-refractivity contribution < 1.29 is 4.92 Å². The molecule has 3 nitrogen and oxygen atoms in total. The first-order valence-electron chi connectivity index (χ1n) is 5.98. The highest BCUT2D eigenvalue weighted by molar-refractivity contribution is 5.35. The molecule has 84 valence electrons. The number of hydrogen-bond donors (Lipinski definition) is 0. The Balaban J connectivity index is 1.82. The van der Waals surface area contributed by atoms with Gasteiger partial charge in [0.2, 0.25) is 0 Å². The molecule has 2 fully saturated rings. The number of benzene rings is 1. The highest BCUT2D eigenvalue weighted by atomic mass is 16.6. The van der Waals surface area contributed by atoms with Gasteiger partial charge in [-0.1, -0.05) is 18.6 Å². The molecule has 0 aliphatic heterocycles. The number of nitro benzene ring substituents is 1. The molecule has 2 bridgehead atoms. The smallest absolute Gasteiger partial charge is 0.258 e. The summed E-state index contributed by atoms with van der Waals surface area (Å²) in [5, 5.41) is 10.6. The third-order valence-electron chi connectivity index (χ3n) is 4.27. The molecule has 0 unspecified atom stereocenters. The average Bonchev–Trinajstić information content (AvgIpc) is 2.91. The minimum absolute atomic E-state index is 0.201. The van der Waals surface area contributed by atoms with Gasteiger partial charge < -0.3 is 0 Å². The van der Waals surface area contributed by atoms with Gasteiger partial charge in [0, 0.05) is 12.1 Å². The van der Waals surface area contributed by atoms with Gasteiger partial charge in [-0.15, -0.1) is 0 Å². The lowest BCUT2D eigenvalue weighted by Gasteiger charge is -2.21. The third kappa shape index (κ3) is 1.51. The van der Waals surface area contributed by atoms with Crippen molar-refractivity contribution in [2.24, 2.45) is 11.8 Å². The van der Waals surface area contributed by atoms with Gasteiger partial charge in [-0.3, -0.25) is 10.1 Å². The summed E-state index contributed by atoms with van der Waals surface area (Å²) in [6.45, 7) is 0. The predicted molar refractivity (Wildman–Crippen MR) is 61.3 cm³/mol. The van der Waals surface area contributed by atoms with E-state index < -0.39 is 0 Å². The largest absolute Gasteiger partial charge is 0.269 e.